The minimum absolute atomic E-state index is 0.0505. The predicted octanol–water partition coefficient (Wildman–Crippen LogP) is 1.10. The number of rotatable bonds is 4. The molecule has 3 amide bonds. The molecule has 33 heavy (non-hydrogen) atoms. The molecule has 0 aromatic rings. The second-order valence-electron chi connectivity index (χ2n) is 10.2. The Morgan fingerprint density at radius 2 is 1.73 bits per heavy atom. The fourth-order valence-electron chi connectivity index (χ4n) is 6.97. The largest absolute Gasteiger partial charge is 0.395 e. The monoisotopic (exact) mass is 457 g/mol. The summed E-state index contributed by atoms with van der Waals surface area (Å²) in [6.07, 6.45) is 13.6. The highest BCUT2D eigenvalue weighted by molar-refractivity contribution is 6.00. The van der Waals surface area contributed by atoms with Crippen LogP contribution in [0.1, 0.15) is 45.4 Å². The Kier molecular flexibility index (Phi) is 5.64. The smallest absolute Gasteiger partial charge is 0.249 e. The number of β-amino-alcohol motifs (C(OH)–C–C–N with tert-alkyl or cyclic N) is 1. The number of likely N-dealkylation sites (tertiary alicyclic amines) is 1. The fraction of sp³-hybridized carbons (Fsp3) is 0.720. The van der Waals surface area contributed by atoms with Gasteiger partial charge in [-0.15, -0.1) is 0 Å². The van der Waals surface area contributed by atoms with Crippen LogP contribution in [0.25, 0.3) is 0 Å². The van der Waals surface area contributed by atoms with E-state index in [0.717, 1.165) is 25.7 Å². The molecule has 0 aromatic heterocycles. The van der Waals surface area contributed by atoms with Crippen LogP contribution in [-0.2, 0) is 19.1 Å². The molecule has 2 saturated heterocycles. The summed E-state index contributed by atoms with van der Waals surface area (Å²) in [6.45, 7) is 2.71. The molecule has 5 aliphatic rings. The molecule has 1 aliphatic carbocycles. The summed E-state index contributed by atoms with van der Waals surface area (Å²) in [5.74, 6) is -2.02. The third kappa shape index (κ3) is 3.13. The SMILES string of the molecule is CC[C@]12C=CCN(C)C(=O)[C@H]1[C@H]1C(=O)N(CCO)C3C(=O)N(C4CCCCC4)CC=C[C@@]31O2. The molecule has 5 atom stereocenters. The van der Waals surface area contributed by atoms with E-state index in [0.29, 0.717) is 19.5 Å². The average molecular weight is 458 g/mol. The maximum absolute atomic E-state index is 14.1. The number of carbonyl (C=O) groups is 3. The zero-order valence-corrected chi connectivity index (χ0v) is 19.6. The van der Waals surface area contributed by atoms with Crippen LogP contribution in [0.2, 0.25) is 0 Å². The first-order valence-corrected chi connectivity index (χ1v) is 12.4. The molecule has 0 radical (unpaired) electrons. The lowest BCUT2D eigenvalue weighted by molar-refractivity contribution is -0.155. The maximum Gasteiger partial charge on any atom is 0.249 e. The number of hydrogen-bond donors (Lipinski definition) is 1. The molecule has 1 unspecified atom stereocenters. The van der Waals surface area contributed by atoms with Gasteiger partial charge >= 0.3 is 0 Å². The van der Waals surface area contributed by atoms with Crippen molar-refractivity contribution in [2.45, 2.75) is 68.7 Å². The van der Waals surface area contributed by atoms with Crippen molar-refractivity contribution in [3.8, 4) is 0 Å². The zero-order chi connectivity index (χ0) is 23.4. The van der Waals surface area contributed by atoms with Gasteiger partial charge in [-0.2, -0.15) is 0 Å². The van der Waals surface area contributed by atoms with Gasteiger partial charge in [-0.25, -0.2) is 0 Å². The van der Waals surface area contributed by atoms with Gasteiger partial charge in [-0.3, -0.25) is 14.4 Å². The van der Waals surface area contributed by atoms with Crippen molar-refractivity contribution < 1.29 is 24.2 Å². The van der Waals surface area contributed by atoms with Crippen LogP contribution in [0.15, 0.2) is 24.3 Å². The normalized spacial score (nSPS) is 38.9. The molecule has 0 bridgehead atoms. The van der Waals surface area contributed by atoms with Crippen LogP contribution in [0.4, 0.5) is 0 Å². The lowest BCUT2D eigenvalue weighted by Gasteiger charge is -2.40. The summed E-state index contributed by atoms with van der Waals surface area (Å²) in [7, 11) is 1.74. The quantitative estimate of drug-likeness (QED) is 0.639. The van der Waals surface area contributed by atoms with E-state index >= 15 is 0 Å². The summed E-state index contributed by atoms with van der Waals surface area (Å²) >= 11 is 0. The van der Waals surface area contributed by atoms with Gasteiger partial charge in [0, 0.05) is 32.7 Å². The van der Waals surface area contributed by atoms with Crippen LogP contribution < -0.4 is 0 Å². The predicted molar refractivity (Wildman–Crippen MR) is 121 cm³/mol. The molecular weight excluding hydrogens is 422 g/mol. The molecule has 4 aliphatic heterocycles. The first kappa shape index (κ1) is 22.6. The van der Waals surface area contributed by atoms with Crippen molar-refractivity contribution in [2.24, 2.45) is 11.8 Å². The molecule has 1 saturated carbocycles. The van der Waals surface area contributed by atoms with E-state index in [9.17, 15) is 19.5 Å². The lowest BCUT2D eigenvalue weighted by atomic mass is 9.73. The number of amides is 3. The fourth-order valence-corrected chi connectivity index (χ4v) is 6.97. The van der Waals surface area contributed by atoms with Crippen LogP contribution in [0, 0.1) is 11.8 Å². The number of carbonyl (C=O) groups excluding carboxylic acids is 3. The minimum Gasteiger partial charge on any atom is -0.395 e. The van der Waals surface area contributed by atoms with E-state index in [1.807, 2.05) is 36.1 Å². The van der Waals surface area contributed by atoms with Gasteiger partial charge in [-0.05, 0) is 19.3 Å². The Morgan fingerprint density at radius 3 is 2.42 bits per heavy atom. The van der Waals surface area contributed by atoms with Gasteiger partial charge in [0.25, 0.3) is 0 Å². The second kappa shape index (κ2) is 8.24. The minimum atomic E-state index is -1.22. The lowest BCUT2D eigenvalue weighted by Crippen LogP contribution is -2.58. The Bertz CT molecular complexity index is 896. The molecule has 8 heteroatoms. The van der Waals surface area contributed by atoms with Crippen molar-refractivity contribution in [3.63, 3.8) is 0 Å². The van der Waals surface area contributed by atoms with E-state index in [1.54, 1.807) is 11.9 Å². The highest BCUT2D eigenvalue weighted by Gasteiger charge is 2.75. The van der Waals surface area contributed by atoms with Gasteiger partial charge in [0.1, 0.15) is 11.6 Å². The van der Waals surface area contributed by atoms with Crippen molar-refractivity contribution >= 4 is 17.7 Å². The highest BCUT2D eigenvalue weighted by atomic mass is 16.5. The van der Waals surface area contributed by atoms with Gasteiger partial charge in [-0.1, -0.05) is 50.5 Å². The van der Waals surface area contributed by atoms with Crippen LogP contribution >= 0.6 is 0 Å². The zero-order valence-electron chi connectivity index (χ0n) is 19.6. The van der Waals surface area contributed by atoms with E-state index in [-0.39, 0.29) is 36.9 Å². The number of hydrogen-bond acceptors (Lipinski definition) is 5. The van der Waals surface area contributed by atoms with E-state index < -0.39 is 29.1 Å². The number of aliphatic hydroxyl groups is 1. The van der Waals surface area contributed by atoms with Crippen LogP contribution in [0.3, 0.4) is 0 Å². The molecule has 180 valence electrons. The highest BCUT2D eigenvalue weighted by Crippen LogP contribution is 2.58. The van der Waals surface area contributed by atoms with Crippen molar-refractivity contribution in [1.29, 1.82) is 0 Å². The molecule has 1 N–H and O–H groups in total. The first-order chi connectivity index (χ1) is 15.9. The van der Waals surface area contributed by atoms with Gasteiger partial charge in [0.15, 0.2) is 0 Å². The molecule has 4 heterocycles. The van der Waals surface area contributed by atoms with Crippen LogP contribution in [0.5, 0.6) is 0 Å². The number of nitrogens with zero attached hydrogens (tertiary/aromatic N) is 3. The third-order valence-electron chi connectivity index (χ3n) is 8.53. The Morgan fingerprint density at radius 1 is 1.00 bits per heavy atom. The molecule has 3 fully saturated rings. The summed E-state index contributed by atoms with van der Waals surface area (Å²) in [5.41, 5.74) is -2.15. The molecule has 8 nitrogen and oxygen atoms in total. The summed E-state index contributed by atoms with van der Waals surface area (Å²) in [4.78, 5) is 46.6. The van der Waals surface area contributed by atoms with E-state index in [1.165, 1.54) is 11.3 Å². The number of ether oxygens (including phenoxy) is 1. The van der Waals surface area contributed by atoms with Crippen molar-refractivity contribution in [2.75, 3.05) is 33.3 Å². The molecule has 5 rings (SSSR count). The van der Waals surface area contributed by atoms with Gasteiger partial charge in [0.2, 0.25) is 17.7 Å². The summed E-state index contributed by atoms with van der Waals surface area (Å²) < 4.78 is 6.84. The first-order valence-electron chi connectivity index (χ1n) is 12.4. The third-order valence-corrected chi connectivity index (χ3v) is 8.53. The van der Waals surface area contributed by atoms with Crippen molar-refractivity contribution in [1.82, 2.24) is 14.7 Å². The van der Waals surface area contributed by atoms with E-state index in [2.05, 4.69) is 0 Å². The van der Waals surface area contributed by atoms with Crippen molar-refractivity contribution in [3.05, 3.63) is 24.3 Å². The van der Waals surface area contributed by atoms with E-state index in [4.69, 9.17) is 4.74 Å². The molecular formula is C25H35N3O5. The number of fused-ring (bicyclic) bond motifs is 2. The Hall–Kier alpha value is -2.19. The summed E-state index contributed by atoms with van der Waals surface area (Å²) in [6, 6.07) is -0.722. The summed E-state index contributed by atoms with van der Waals surface area (Å²) in [5, 5.41) is 9.77. The number of aliphatic hydroxyl groups excluding tert-OH is 1. The standard InChI is InChI=1S/C25H35N3O5/c1-3-24-11-7-13-26(2)21(30)18(24)19-22(31)28(15-16-29)20-23(32)27(17-9-5-4-6-10-17)14-8-12-25(19,20)33-24/h7-8,11-12,17-20,29H,3-6,9-10,13-16H2,1-2H3/t18-,19+,20?,24+,25+/m1/s1. The maximum atomic E-state index is 14.1. The Labute approximate surface area is 195 Å². The molecule has 0 aromatic carbocycles. The number of likely N-dealkylation sites (N-methyl/N-ethyl adjacent to an activating group) is 1. The van der Waals surface area contributed by atoms with Gasteiger partial charge in [0.05, 0.1) is 24.0 Å². The van der Waals surface area contributed by atoms with Crippen LogP contribution in [-0.4, -0.2) is 94.1 Å². The second-order valence-corrected chi connectivity index (χ2v) is 10.2. The average Bonchev–Trinajstić information content (AvgIpc) is 3.11. The topological polar surface area (TPSA) is 90.4 Å². The Balaban J connectivity index is 1.63. The van der Waals surface area contributed by atoms with Gasteiger partial charge < -0.3 is 24.5 Å². The molecule has 1 spiro atoms.